The number of hydrogen-bond donors (Lipinski definition) is 0. The molecule has 1 aromatic heterocycles. The summed E-state index contributed by atoms with van der Waals surface area (Å²) in [6, 6.07) is 24.7. The summed E-state index contributed by atoms with van der Waals surface area (Å²) < 4.78 is 91.0. The van der Waals surface area contributed by atoms with Crippen LogP contribution in [0, 0.1) is 6.92 Å². The topological polar surface area (TPSA) is 194 Å². The van der Waals surface area contributed by atoms with E-state index in [4.69, 9.17) is 62.2 Å². The maximum absolute atomic E-state index is 14.4. The van der Waals surface area contributed by atoms with Crippen LogP contribution in [-0.4, -0.2) is 135 Å². The van der Waals surface area contributed by atoms with Crippen molar-refractivity contribution in [2.45, 2.75) is 77.7 Å². The van der Waals surface area contributed by atoms with E-state index in [2.05, 4.69) is 4.67 Å². The predicted molar refractivity (Wildman–Crippen MR) is 255 cm³/mol. The van der Waals surface area contributed by atoms with Crippen LogP contribution in [0.2, 0.25) is 0 Å². The largest absolute Gasteiger partial charge is 0.673 e. The number of aromatic nitrogens is 2. The molecule has 0 radical (unpaired) electrons. The van der Waals surface area contributed by atoms with Crippen LogP contribution in [0.15, 0.2) is 101 Å². The average Bonchev–Trinajstić information content (AvgIpc) is 3.76. The van der Waals surface area contributed by atoms with Crippen molar-refractivity contribution in [1.29, 1.82) is 0 Å². The van der Waals surface area contributed by atoms with Crippen molar-refractivity contribution in [3.8, 4) is 5.75 Å². The first kappa shape index (κ1) is 55.3. The number of methoxy groups -OCH3 is 1. The average molecular weight is 1020 g/mol. The molecule has 20 nitrogen and oxygen atoms in total. The van der Waals surface area contributed by atoms with E-state index in [-0.39, 0.29) is 29.6 Å². The number of ether oxygens (including phenoxy) is 2. The molecule has 1 saturated heterocycles. The second kappa shape index (κ2) is 24.9. The van der Waals surface area contributed by atoms with Crippen LogP contribution >= 0.6 is 8.53 Å². The molecular weight excluding hydrogens is 958 g/mol. The second-order valence-corrected chi connectivity index (χ2v) is 24.9. The molecule has 68 heavy (non-hydrogen) atoms. The molecule has 4 aromatic rings. The van der Waals surface area contributed by atoms with Gasteiger partial charge in [0.25, 0.3) is 20.0 Å². The van der Waals surface area contributed by atoms with Gasteiger partial charge in [-0.2, -0.15) is 4.57 Å². The van der Waals surface area contributed by atoms with Crippen LogP contribution in [0.4, 0.5) is 0 Å². The highest BCUT2D eigenvalue weighted by Gasteiger charge is 2.66. The lowest BCUT2D eigenvalue weighted by molar-refractivity contribution is -0.0949. The molecule has 2 heterocycles. The maximum Gasteiger partial charge on any atom is 0.673 e. The summed E-state index contributed by atoms with van der Waals surface area (Å²) in [6.45, 7) is 9.18. The smallest absolute Gasteiger partial charge is 0.497 e. The molecule has 24 heteroatoms. The number of nitrogens with zero attached hydrogens (tertiary/aromatic N) is 3. The normalized spacial score (nSPS) is 17.5. The summed E-state index contributed by atoms with van der Waals surface area (Å²) in [5, 5.41) is 0. The fourth-order valence-corrected chi connectivity index (χ4v) is 16.9. The third kappa shape index (κ3) is 12.8. The van der Waals surface area contributed by atoms with Crippen LogP contribution in [0.3, 0.4) is 0 Å². The minimum Gasteiger partial charge on any atom is -0.497 e. The van der Waals surface area contributed by atoms with Crippen molar-refractivity contribution in [2.75, 3.05) is 63.5 Å². The molecular formula is C44H64N3O17PSi3. The van der Waals surface area contributed by atoms with E-state index in [0.29, 0.717) is 21.4 Å². The lowest BCUT2D eigenvalue weighted by atomic mass is 10.0. The zero-order chi connectivity index (χ0) is 49.8. The van der Waals surface area contributed by atoms with Crippen molar-refractivity contribution in [2.24, 2.45) is 0 Å². The Morgan fingerprint density at radius 1 is 0.735 bits per heavy atom. The van der Waals surface area contributed by atoms with E-state index in [1.54, 1.807) is 19.2 Å². The Balaban J connectivity index is 1.68. The quantitative estimate of drug-likeness (QED) is 0.0547. The monoisotopic (exact) mass is 1020 g/mol. The lowest BCUT2D eigenvalue weighted by Crippen LogP contribution is -2.67. The minimum atomic E-state index is -4.99. The predicted octanol–water partition coefficient (Wildman–Crippen LogP) is 5.72. The molecule has 0 saturated carbocycles. The standard InChI is InChI=1S/C44H64N3O17PSi3/c1-31(2)47(32(3)4)65(52-7)61-38-28-40(45-29-33(5)42(48)46(44(45)50)43(49)36-24-26-37(51-6)27-25-36)60-39(38)30-59-68(63-66(53-8,54-9)55-10,64-67(56-11,57-12)58-13)62-41(34-20-16-14-17-21-34)35-22-18-15-19-23-35/h14-27,29,31-32,38-41H,28,30H2,1-13H3/t38-,39+,40+,65?/m0/s1. The van der Waals surface area contributed by atoms with Gasteiger partial charge in [0.2, 0.25) is 0 Å². The molecule has 0 aliphatic carbocycles. The second-order valence-electron chi connectivity index (χ2n) is 15.7. The van der Waals surface area contributed by atoms with Crippen molar-refractivity contribution < 1.29 is 67.0 Å². The fraction of sp³-hybridized carbons (Fsp3) is 0.477. The van der Waals surface area contributed by atoms with Gasteiger partial charge < -0.3 is 62.2 Å². The highest BCUT2D eigenvalue weighted by atomic mass is 31.2. The van der Waals surface area contributed by atoms with Crippen LogP contribution in [0.5, 0.6) is 5.75 Å². The zero-order valence-corrected chi connectivity index (χ0v) is 44.7. The highest BCUT2D eigenvalue weighted by Crippen LogP contribution is 2.49. The van der Waals surface area contributed by atoms with E-state index < -0.39 is 84.0 Å². The van der Waals surface area contributed by atoms with Crippen LogP contribution < -0.4 is 16.0 Å². The lowest BCUT2D eigenvalue weighted by Gasteiger charge is -2.40. The highest BCUT2D eigenvalue weighted by molar-refractivity contribution is 7.44. The molecule has 0 bridgehead atoms. The number of hydrogen-bond acceptors (Lipinski definition) is 18. The summed E-state index contributed by atoms with van der Waals surface area (Å²) in [5.41, 5.74) is -0.163. The van der Waals surface area contributed by atoms with Crippen molar-refractivity contribution in [1.82, 2.24) is 13.8 Å². The number of carbonyl (C=O) groups is 1. The van der Waals surface area contributed by atoms with Crippen LogP contribution in [0.1, 0.15) is 73.5 Å². The van der Waals surface area contributed by atoms with E-state index in [9.17, 15) is 14.4 Å². The third-order valence-corrected chi connectivity index (χ3v) is 20.9. The first-order valence-corrected chi connectivity index (χ1v) is 27.7. The summed E-state index contributed by atoms with van der Waals surface area (Å²) >= 11 is 0. The first-order chi connectivity index (χ1) is 32.5. The minimum absolute atomic E-state index is 0.0136. The van der Waals surface area contributed by atoms with Gasteiger partial charge in [0, 0.05) is 85.6 Å². The number of rotatable bonds is 26. The Kier molecular flexibility index (Phi) is 20.3. The molecule has 0 N–H and O–H groups in total. The van der Waals surface area contributed by atoms with Gasteiger partial charge in [-0.05, 0) is 70.0 Å². The van der Waals surface area contributed by atoms with Crippen LogP contribution in [0.25, 0.3) is 0 Å². The molecule has 0 amide bonds. The van der Waals surface area contributed by atoms with Crippen molar-refractivity contribution in [3.05, 3.63) is 134 Å². The molecule has 5 rings (SSSR count). The van der Waals surface area contributed by atoms with Crippen LogP contribution in [-0.2, 0) is 57.4 Å². The number of carbonyl (C=O) groups excluding carboxylic acids is 1. The van der Waals surface area contributed by atoms with E-state index in [1.807, 2.05) is 88.4 Å². The Morgan fingerprint density at radius 2 is 1.24 bits per heavy atom. The van der Waals surface area contributed by atoms with Gasteiger partial charge >= 0.3 is 32.8 Å². The molecule has 1 aliphatic heterocycles. The molecule has 0 spiro atoms. The Bertz CT molecular complexity index is 2240. The molecule has 1 unspecified atom stereocenters. The van der Waals surface area contributed by atoms with Gasteiger partial charge in [-0.25, -0.2) is 9.46 Å². The number of benzene rings is 3. The molecule has 3 aromatic carbocycles. The van der Waals surface area contributed by atoms with Gasteiger partial charge in [-0.1, -0.05) is 60.7 Å². The summed E-state index contributed by atoms with van der Waals surface area (Å²) in [4.78, 5) is 42.0. The summed E-state index contributed by atoms with van der Waals surface area (Å²) in [6.07, 6.45) is -2.63. The van der Waals surface area contributed by atoms with Crippen molar-refractivity contribution >= 4 is 41.6 Å². The molecule has 4 atom stereocenters. The number of aryl methyl sites for hydroxylation is 1. The summed E-state index contributed by atoms with van der Waals surface area (Å²) in [7, 11) is -4.14. The van der Waals surface area contributed by atoms with E-state index in [0.717, 1.165) is 0 Å². The molecule has 1 aliphatic rings. The van der Waals surface area contributed by atoms with Gasteiger partial charge in [-0.15, -0.1) is 0 Å². The summed E-state index contributed by atoms with van der Waals surface area (Å²) in [5.74, 6) is -0.349. The van der Waals surface area contributed by atoms with Gasteiger partial charge in [0.15, 0.2) is 0 Å². The SMILES string of the molecule is COc1ccc(C(=O)n2c(=O)c(C)cn([C@H]3C[C@H](OP(OC)N(C(C)C)C(C)C)[C@@H](CO[Si](OC(c4ccccc4)c4ccccc4)(O[Si](OC)(OC)OC)O[Si](OC)(OC)OC)O3)c2=O)cc1. The van der Waals surface area contributed by atoms with E-state index >= 15 is 0 Å². The fourth-order valence-electron chi connectivity index (χ4n) is 7.49. The molecule has 1 fully saturated rings. The van der Waals surface area contributed by atoms with Gasteiger partial charge in [0.1, 0.15) is 24.2 Å². The Labute approximate surface area is 402 Å². The Hall–Kier alpha value is -3.67. The third-order valence-electron chi connectivity index (χ3n) is 10.8. The zero-order valence-electron chi connectivity index (χ0n) is 40.8. The maximum atomic E-state index is 14.4. The molecule has 374 valence electrons. The first-order valence-electron chi connectivity index (χ1n) is 21.6. The van der Waals surface area contributed by atoms with Gasteiger partial charge in [-0.3, -0.25) is 14.2 Å². The van der Waals surface area contributed by atoms with Gasteiger partial charge in [0.05, 0.1) is 19.8 Å². The van der Waals surface area contributed by atoms with Crippen molar-refractivity contribution in [3.63, 3.8) is 0 Å². The van der Waals surface area contributed by atoms with E-state index in [1.165, 1.54) is 79.6 Å². The Morgan fingerprint density at radius 3 is 1.68 bits per heavy atom.